The van der Waals surface area contributed by atoms with Crippen LogP contribution in [0.3, 0.4) is 0 Å². The number of benzene rings is 1. The molecule has 1 aliphatic heterocycles. The van der Waals surface area contributed by atoms with Crippen LogP contribution in [0.4, 0.5) is 4.39 Å². The first kappa shape index (κ1) is 15.7. The molecule has 5 heteroatoms. The van der Waals surface area contributed by atoms with Gasteiger partial charge in [0.05, 0.1) is 5.69 Å². The van der Waals surface area contributed by atoms with E-state index in [-0.39, 0.29) is 5.82 Å². The Morgan fingerprint density at radius 3 is 2.81 bits per heavy atom. The average Bonchev–Trinajstić information content (AvgIpc) is 3.27. The predicted octanol–water partition coefficient (Wildman–Crippen LogP) is 3.39. The minimum atomic E-state index is -0.206. The molecular formula is C21H21FN4. The van der Waals surface area contributed by atoms with Crippen molar-refractivity contribution in [2.45, 2.75) is 18.9 Å². The second kappa shape index (κ2) is 6.02. The number of aromatic nitrogens is 3. The lowest BCUT2D eigenvalue weighted by atomic mass is 9.94. The van der Waals surface area contributed by atoms with Gasteiger partial charge in [0.1, 0.15) is 5.82 Å². The minimum absolute atomic E-state index is 0.206. The van der Waals surface area contributed by atoms with Gasteiger partial charge in [-0.3, -0.25) is 14.6 Å². The van der Waals surface area contributed by atoms with E-state index >= 15 is 0 Å². The summed E-state index contributed by atoms with van der Waals surface area (Å²) in [5.74, 6) is 0.907. The number of hydrogen-bond donors (Lipinski definition) is 0. The molecule has 2 aliphatic rings. The molecule has 0 saturated carbocycles. The minimum Gasteiger partial charge on any atom is -0.298 e. The Bertz CT molecular complexity index is 950. The van der Waals surface area contributed by atoms with E-state index in [1.807, 2.05) is 30.2 Å². The van der Waals surface area contributed by atoms with Gasteiger partial charge in [-0.2, -0.15) is 5.10 Å². The maximum Gasteiger partial charge on any atom is 0.123 e. The summed E-state index contributed by atoms with van der Waals surface area (Å²) in [6.45, 7) is 3.10. The van der Waals surface area contributed by atoms with Gasteiger partial charge in [0, 0.05) is 61.8 Å². The molecule has 0 bridgehead atoms. The molecule has 2 atom stereocenters. The summed E-state index contributed by atoms with van der Waals surface area (Å²) in [7, 11) is 2.01. The van der Waals surface area contributed by atoms with E-state index in [0.717, 1.165) is 37.3 Å². The van der Waals surface area contributed by atoms with Gasteiger partial charge in [-0.25, -0.2) is 4.39 Å². The standard InChI is InChI=1S/C21H21FN4/c1-25-19-10-16-12-26(11-14-5-7-23-8-6-14)13-18(16)20(19)21(24-25)15-3-2-4-17(22)9-15/h2-9,16,18H,10-13H2,1H3/t16-,18-/m0/s1. The molecule has 1 aromatic carbocycles. The lowest BCUT2D eigenvalue weighted by Gasteiger charge is -2.16. The number of hydrogen-bond acceptors (Lipinski definition) is 3. The predicted molar refractivity (Wildman–Crippen MR) is 98.1 cm³/mol. The number of pyridine rings is 1. The van der Waals surface area contributed by atoms with E-state index in [0.29, 0.717) is 11.8 Å². The van der Waals surface area contributed by atoms with Crippen LogP contribution in [0.15, 0.2) is 48.8 Å². The highest BCUT2D eigenvalue weighted by Crippen LogP contribution is 2.47. The first-order valence-electron chi connectivity index (χ1n) is 9.12. The van der Waals surface area contributed by atoms with Gasteiger partial charge in [-0.1, -0.05) is 12.1 Å². The van der Waals surface area contributed by atoms with Crippen LogP contribution in [0, 0.1) is 11.7 Å². The van der Waals surface area contributed by atoms with Gasteiger partial charge in [0.15, 0.2) is 0 Å². The first-order chi connectivity index (χ1) is 12.7. The Kier molecular flexibility index (Phi) is 3.64. The number of rotatable bonds is 3. The number of aryl methyl sites for hydroxylation is 1. The Morgan fingerprint density at radius 2 is 2.00 bits per heavy atom. The summed E-state index contributed by atoms with van der Waals surface area (Å²) >= 11 is 0. The summed E-state index contributed by atoms with van der Waals surface area (Å²) < 4.78 is 15.7. The zero-order valence-corrected chi connectivity index (χ0v) is 14.8. The van der Waals surface area contributed by atoms with E-state index in [2.05, 4.69) is 22.0 Å². The Hall–Kier alpha value is -2.53. The summed E-state index contributed by atoms with van der Waals surface area (Å²) in [5, 5.41) is 4.74. The highest BCUT2D eigenvalue weighted by Gasteiger charge is 2.43. The molecule has 26 heavy (non-hydrogen) atoms. The van der Waals surface area contributed by atoms with Crippen LogP contribution in [-0.2, 0) is 20.0 Å². The van der Waals surface area contributed by atoms with Crippen molar-refractivity contribution in [3.8, 4) is 11.3 Å². The van der Waals surface area contributed by atoms with Crippen molar-refractivity contribution in [2.24, 2.45) is 13.0 Å². The lowest BCUT2D eigenvalue weighted by Crippen LogP contribution is -2.21. The van der Waals surface area contributed by atoms with Crippen LogP contribution in [-0.4, -0.2) is 32.8 Å². The van der Waals surface area contributed by atoms with Gasteiger partial charge in [0.2, 0.25) is 0 Å². The van der Waals surface area contributed by atoms with Crippen molar-refractivity contribution in [3.63, 3.8) is 0 Å². The molecule has 2 aromatic heterocycles. The molecule has 1 saturated heterocycles. The second-order valence-corrected chi connectivity index (χ2v) is 7.46. The summed E-state index contributed by atoms with van der Waals surface area (Å²) in [6.07, 6.45) is 4.77. The van der Waals surface area contributed by atoms with Crippen molar-refractivity contribution in [2.75, 3.05) is 13.1 Å². The molecule has 3 aromatic rings. The molecule has 0 unspecified atom stereocenters. The molecule has 1 fully saturated rings. The number of halogens is 1. The summed E-state index contributed by atoms with van der Waals surface area (Å²) in [5.41, 5.74) is 5.80. The molecule has 1 aliphatic carbocycles. The van der Waals surface area contributed by atoms with Gasteiger partial charge >= 0.3 is 0 Å². The van der Waals surface area contributed by atoms with Gasteiger partial charge in [0.25, 0.3) is 0 Å². The van der Waals surface area contributed by atoms with Gasteiger partial charge in [-0.05, 0) is 42.2 Å². The second-order valence-electron chi connectivity index (χ2n) is 7.46. The van der Waals surface area contributed by atoms with Crippen molar-refractivity contribution >= 4 is 0 Å². The maximum absolute atomic E-state index is 13.7. The first-order valence-corrected chi connectivity index (χ1v) is 9.12. The third kappa shape index (κ3) is 2.54. The molecule has 4 nitrogen and oxygen atoms in total. The maximum atomic E-state index is 13.7. The smallest absolute Gasteiger partial charge is 0.123 e. The molecule has 5 rings (SSSR count). The topological polar surface area (TPSA) is 34.0 Å². The van der Waals surface area contributed by atoms with E-state index in [1.165, 1.54) is 22.9 Å². The Balaban J connectivity index is 1.45. The third-order valence-corrected chi connectivity index (χ3v) is 5.80. The van der Waals surface area contributed by atoms with Crippen molar-refractivity contribution in [1.82, 2.24) is 19.7 Å². The van der Waals surface area contributed by atoms with E-state index in [4.69, 9.17) is 5.10 Å². The van der Waals surface area contributed by atoms with Crippen LogP contribution < -0.4 is 0 Å². The van der Waals surface area contributed by atoms with Crippen LogP contribution in [0.2, 0.25) is 0 Å². The monoisotopic (exact) mass is 348 g/mol. The largest absolute Gasteiger partial charge is 0.298 e. The van der Waals surface area contributed by atoms with Crippen molar-refractivity contribution < 1.29 is 4.39 Å². The van der Waals surface area contributed by atoms with Crippen molar-refractivity contribution in [3.05, 3.63) is 71.4 Å². The Morgan fingerprint density at radius 1 is 1.15 bits per heavy atom. The quantitative estimate of drug-likeness (QED) is 0.728. The summed E-state index contributed by atoms with van der Waals surface area (Å²) in [4.78, 5) is 6.63. The third-order valence-electron chi connectivity index (χ3n) is 5.80. The molecular weight excluding hydrogens is 327 g/mol. The van der Waals surface area contributed by atoms with Crippen molar-refractivity contribution in [1.29, 1.82) is 0 Å². The SMILES string of the molecule is Cn1nc(-c2cccc(F)c2)c2c1C[C@H]1CN(Cc3ccncc3)C[C@H]21. The van der Waals surface area contributed by atoms with Crippen LogP contribution >= 0.6 is 0 Å². The molecule has 0 N–H and O–H groups in total. The lowest BCUT2D eigenvalue weighted by molar-refractivity contribution is 0.313. The average molecular weight is 348 g/mol. The highest BCUT2D eigenvalue weighted by atomic mass is 19.1. The fraction of sp³-hybridized carbons (Fsp3) is 0.333. The molecule has 0 amide bonds. The normalized spacial score (nSPS) is 21.8. The van der Waals surface area contributed by atoms with E-state index in [9.17, 15) is 4.39 Å². The van der Waals surface area contributed by atoms with E-state index < -0.39 is 0 Å². The van der Waals surface area contributed by atoms with Gasteiger partial charge in [-0.15, -0.1) is 0 Å². The molecule has 3 heterocycles. The zero-order valence-electron chi connectivity index (χ0n) is 14.8. The molecule has 132 valence electrons. The number of fused-ring (bicyclic) bond motifs is 3. The number of likely N-dealkylation sites (tertiary alicyclic amines) is 1. The van der Waals surface area contributed by atoms with E-state index in [1.54, 1.807) is 12.1 Å². The zero-order chi connectivity index (χ0) is 17.7. The fourth-order valence-corrected chi connectivity index (χ4v) is 4.67. The number of nitrogens with zero attached hydrogens (tertiary/aromatic N) is 4. The summed E-state index contributed by atoms with van der Waals surface area (Å²) in [6, 6.07) is 11.0. The van der Waals surface area contributed by atoms with Crippen LogP contribution in [0.25, 0.3) is 11.3 Å². The highest BCUT2D eigenvalue weighted by molar-refractivity contribution is 5.66. The van der Waals surface area contributed by atoms with Gasteiger partial charge < -0.3 is 0 Å². The Labute approximate surface area is 152 Å². The molecule has 0 spiro atoms. The van der Waals surface area contributed by atoms with Crippen LogP contribution in [0.1, 0.15) is 22.7 Å². The molecule has 0 radical (unpaired) electrons. The fourth-order valence-electron chi connectivity index (χ4n) is 4.67. The van der Waals surface area contributed by atoms with Crippen LogP contribution in [0.5, 0.6) is 0 Å².